The van der Waals surface area contributed by atoms with Gasteiger partial charge in [0.25, 0.3) is 0 Å². The van der Waals surface area contributed by atoms with Gasteiger partial charge in [0.1, 0.15) is 0 Å². The standard InChI is InChI=1S/C24H32O/c1-8-11-18(5)22(10-3)23(20(7)25)15-14-21(9-2)24-16-17(4)12-13-19(24)6/h9-13,15-16H,8,14H2,1-7H3/b18-11-,21-9-,22-10+,23-15-. The number of allylic oxidation sites excluding steroid dienone is 8. The first-order chi connectivity index (χ1) is 11.8. The summed E-state index contributed by atoms with van der Waals surface area (Å²) in [6.45, 7) is 14.2. The molecule has 134 valence electrons. The van der Waals surface area contributed by atoms with E-state index in [-0.39, 0.29) is 5.78 Å². The lowest BCUT2D eigenvalue weighted by Crippen LogP contribution is -2.02. The number of carbonyl (C=O) groups excluding carboxylic acids is 1. The van der Waals surface area contributed by atoms with Gasteiger partial charge in [0.15, 0.2) is 5.78 Å². The van der Waals surface area contributed by atoms with Crippen LogP contribution in [0.15, 0.2) is 59.2 Å². The molecule has 0 saturated heterocycles. The van der Waals surface area contributed by atoms with Gasteiger partial charge in [0.05, 0.1) is 0 Å². The topological polar surface area (TPSA) is 17.1 Å². The first-order valence-corrected chi connectivity index (χ1v) is 9.13. The molecule has 0 atom stereocenters. The summed E-state index contributed by atoms with van der Waals surface area (Å²) in [5.41, 5.74) is 8.08. The molecular formula is C24H32O. The zero-order valence-corrected chi connectivity index (χ0v) is 16.9. The molecule has 0 N–H and O–H groups in total. The Morgan fingerprint density at radius 2 is 1.68 bits per heavy atom. The molecule has 0 bridgehead atoms. The Kier molecular flexibility index (Phi) is 8.34. The molecule has 0 heterocycles. The maximum Gasteiger partial charge on any atom is 0.160 e. The lowest BCUT2D eigenvalue weighted by molar-refractivity contribution is -0.113. The molecule has 1 heteroatoms. The molecule has 1 rings (SSSR count). The van der Waals surface area contributed by atoms with Crippen molar-refractivity contribution in [1.29, 1.82) is 0 Å². The molecule has 0 spiro atoms. The van der Waals surface area contributed by atoms with Crippen molar-refractivity contribution < 1.29 is 4.79 Å². The SMILES string of the molecule is C/C=C(/C\C=C(C(C)=O)/C(=C/C)C(/C)=C\CC)c1cc(C)ccc1C. The van der Waals surface area contributed by atoms with Crippen LogP contribution in [0.3, 0.4) is 0 Å². The van der Waals surface area contributed by atoms with E-state index in [2.05, 4.69) is 71.0 Å². The highest BCUT2D eigenvalue weighted by molar-refractivity contribution is 5.99. The second-order valence-electron chi connectivity index (χ2n) is 6.51. The Morgan fingerprint density at radius 1 is 1.00 bits per heavy atom. The summed E-state index contributed by atoms with van der Waals surface area (Å²) >= 11 is 0. The summed E-state index contributed by atoms with van der Waals surface area (Å²) in [5, 5.41) is 0. The van der Waals surface area contributed by atoms with E-state index in [9.17, 15) is 4.79 Å². The fraction of sp³-hybridized carbons (Fsp3) is 0.375. The molecule has 0 saturated carbocycles. The van der Waals surface area contributed by atoms with Gasteiger partial charge < -0.3 is 0 Å². The third kappa shape index (κ3) is 5.70. The van der Waals surface area contributed by atoms with Gasteiger partial charge in [0.2, 0.25) is 0 Å². The van der Waals surface area contributed by atoms with Gasteiger partial charge in [-0.1, -0.05) is 55.0 Å². The molecular weight excluding hydrogens is 304 g/mol. The summed E-state index contributed by atoms with van der Waals surface area (Å²) < 4.78 is 0. The average Bonchev–Trinajstić information content (AvgIpc) is 2.57. The molecule has 0 amide bonds. The van der Waals surface area contributed by atoms with Crippen molar-refractivity contribution >= 4 is 11.4 Å². The Balaban J connectivity index is 3.26. The van der Waals surface area contributed by atoms with E-state index in [1.807, 2.05) is 13.0 Å². The van der Waals surface area contributed by atoms with Crippen molar-refractivity contribution in [1.82, 2.24) is 0 Å². The second-order valence-corrected chi connectivity index (χ2v) is 6.51. The van der Waals surface area contributed by atoms with E-state index >= 15 is 0 Å². The molecule has 0 unspecified atom stereocenters. The van der Waals surface area contributed by atoms with Crippen molar-refractivity contribution in [3.63, 3.8) is 0 Å². The second kappa shape index (κ2) is 9.98. The average molecular weight is 337 g/mol. The Labute approximate surface area is 153 Å². The summed E-state index contributed by atoms with van der Waals surface area (Å²) in [4.78, 5) is 12.3. The van der Waals surface area contributed by atoms with Crippen LogP contribution in [0.1, 0.15) is 64.2 Å². The van der Waals surface area contributed by atoms with Gasteiger partial charge in [-0.15, -0.1) is 0 Å². The zero-order valence-electron chi connectivity index (χ0n) is 16.9. The molecule has 0 radical (unpaired) electrons. The number of benzene rings is 1. The minimum Gasteiger partial charge on any atom is -0.295 e. The van der Waals surface area contributed by atoms with Crippen LogP contribution in [0.25, 0.3) is 5.57 Å². The number of ketones is 1. The van der Waals surface area contributed by atoms with Crippen LogP contribution in [-0.4, -0.2) is 5.78 Å². The van der Waals surface area contributed by atoms with E-state index in [1.54, 1.807) is 6.92 Å². The Hall–Kier alpha value is -2.15. The van der Waals surface area contributed by atoms with E-state index in [0.29, 0.717) is 0 Å². The molecule has 1 aromatic rings. The number of hydrogen-bond acceptors (Lipinski definition) is 1. The van der Waals surface area contributed by atoms with E-state index < -0.39 is 0 Å². The van der Waals surface area contributed by atoms with Gasteiger partial charge in [-0.05, 0) is 82.2 Å². The number of carbonyl (C=O) groups is 1. The maximum atomic E-state index is 12.3. The van der Waals surface area contributed by atoms with Crippen molar-refractivity contribution in [3.8, 4) is 0 Å². The Bertz CT molecular complexity index is 739. The van der Waals surface area contributed by atoms with Crippen LogP contribution >= 0.6 is 0 Å². The molecule has 0 aliphatic rings. The first kappa shape index (κ1) is 20.9. The lowest BCUT2D eigenvalue weighted by atomic mass is 9.91. The van der Waals surface area contributed by atoms with E-state index in [1.165, 1.54) is 27.8 Å². The van der Waals surface area contributed by atoms with Gasteiger partial charge in [-0.2, -0.15) is 0 Å². The fourth-order valence-corrected chi connectivity index (χ4v) is 3.13. The van der Waals surface area contributed by atoms with Crippen LogP contribution in [0, 0.1) is 13.8 Å². The summed E-state index contributed by atoms with van der Waals surface area (Å²) in [6, 6.07) is 6.53. The minimum absolute atomic E-state index is 0.119. The lowest BCUT2D eigenvalue weighted by Gasteiger charge is -2.13. The molecule has 0 aliphatic carbocycles. The van der Waals surface area contributed by atoms with Crippen molar-refractivity contribution in [2.75, 3.05) is 0 Å². The van der Waals surface area contributed by atoms with Gasteiger partial charge in [-0.3, -0.25) is 4.79 Å². The van der Waals surface area contributed by atoms with Gasteiger partial charge in [0, 0.05) is 5.57 Å². The van der Waals surface area contributed by atoms with Crippen LogP contribution in [0.2, 0.25) is 0 Å². The van der Waals surface area contributed by atoms with Crippen LogP contribution in [0.5, 0.6) is 0 Å². The van der Waals surface area contributed by atoms with Crippen LogP contribution in [-0.2, 0) is 4.79 Å². The smallest absolute Gasteiger partial charge is 0.160 e. The molecule has 1 aromatic carbocycles. The fourth-order valence-electron chi connectivity index (χ4n) is 3.13. The van der Waals surface area contributed by atoms with E-state index in [0.717, 1.165) is 24.0 Å². The summed E-state index contributed by atoms with van der Waals surface area (Å²) in [6.07, 6.45) is 10.2. The Morgan fingerprint density at radius 3 is 2.20 bits per heavy atom. The van der Waals surface area contributed by atoms with Gasteiger partial charge in [-0.25, -0.2) is 0 Å². The van der Waals surface area contributed by atoms with E-state index in [4.69, 9.17) is 0 Å². The third-order valence-electron chi connectivity index (χ3n) is 4.51. The number of Topliss-reactive ketones (excluding diaryl/α,β-unsaturated/α-hetero) is 1. The van der Waals surface area contributed by atoms with Crippen molar-refractivity contribution in [2.45, 2.75) is 61.3 Å². The quantitative estimate of drug-likeness (QED) is 0.390. The highest BCUT2D eigenvalue weighted by Gasteiger charge is 2.12. The maximum absolute atomic E-state index is 12.3. The first-order valence-electron chi connectivity index (χ1n) is 9.13. The molecule has 0 fully saturated rings. The van der Waals surface area contributed by atoms with Crippen molar-refractivity contribution in [2.24, 2.45) is 0 Å². The summed E-state index contributed by atoms with van der Waals surface area (Å²) in [5.74, 6) is 0.119. The van der Waals surface area contributed by atoms with Gasteiger partial charge >= 0.3 is 0 Å². The molecule has 0 aliphatic heterocycles. The third-order valence-corrected chi connectivity index (χ3v) is 4.51. The predicted octanol–water partition coefficient (Wildman–Crippen LogP) is 6.91. The zero-order chi connectivity index (χ0) is 19.0. The number of hydrogen-bond donors (Lipinski definition) is 0. The van der Waals surface area contributed by atoms with Crippen molar-refractivity contribution in [3.05, 3.63) is 75.9 Å². The number of rotatable bonds is 7. The number of aryl methyl sites for hydroxylation is 2. The highest BCUT2D eigenvalue weighted by Crippen LogP contribution is 2.27. The molecule has 25 heavy (non-hydrogen) atoms. The molecule has 1 nitrogen and oxygen atoms in total. The largest absolute Gasteiger partial charge is 0.295 e. The highest BCUT2D eigenvalue weighted by atomic mass is 16.1. The molecule has 0 aromatic heterocycles. The monoisotopic (exact) mass is 336 g/mol. The van der Waals surface area contributed by atoms with Crippen LogP contribution in [0.4, 0.5) is 0 Å². The predicted molar refractivity (Wildman–Crippen MR) is 111 cm³/mol. The van der Waals surface area contributed by atoms with Crippen LogP contribution < -0.4 is 0 Å². The minimum atomic E-state index is 0.119. The summed E-state index contributed by atoms with van der Waals surface area (Å²) in [7, 11) is 0. The normalized spacial score (nSPS) is 14.0.